The predicted molar refractivity (Wildman–Crippen MR) is 85.9 cm³/mol. The van der Waals surface area contributed by atoms with E-state index < -0.39 is 11.7 Å². The standard InChI is InChI=1S/C14H21N3O2S/c1-9(16-13(18)19-14(2,3)4)12(20)17-11-8-6-5-7-10(11)15/h5-9H,15H2,1-4H3,(H,16,18)(H,17,20)/t9-/m0/s1. The molecule has 0 aliphatic heterocycles. The molecule has 0 aromatic heterocycles. The van der Waals surface area contributed by atoms with E-state index in [1.165, 1.54) is 0 Å². The summed E-state index contributed by atoms with van der Waals surface area (Å²) in [7, 11) is 0. The first-order chi connectivity index (χ1) is 9.19. The number of carbonyl (C=O) groups excluding carboxylic acids is 1. The van der Waals surface area contributed by atoms with Crippen LogP contribution >= 0.6 is 12.2 Å². The second kappa shape index (κ2) is 6.56. The van der Waals surface area contributed by atoms with Crippen molar-refractivity contribution in [1.82, 2.24) is 5.32 Å². The SMILES string of the molecule is C[C@H](NC(=O)OC(C)(C)C)C(=S)Nc1ccccc1N. The number of hydrogen-bond donors (Lipinski definition) is 3. The summed E-state index contributed by atoms with van der Waals surface area (Å²) >= 11 is 5.24. The number of nitrogen functional groups attached to an aromatic ring is 1. The molecular formula is C14H21N3O2S. The maximum atomic E-state index is 11.6. The van der Waals surface area contributed by atoms with Crippen molar-refractivity contribution in [2.75, 3.05) is 11.1 Å². The zero-order chi connectivity index (χ0) is 15.3. The van der Waals surface area contributed by atoms with Gasteiger partial charge in [0.15, 0.2) is 0 Å². The number of anilines is 2. The van der Waals surface area contributed by atoms with Gasteiger partial charge in [-0.3, -0.25) is 0 Å². The lowest BCUT2D eigenvalue weighted by Crippen LogP contribution is -2.43. The Bertz CT molecular complexity index is 497. The Balaban J connectivity index is 2.56. The van der Waals surface area contributed by atoms with Crippen molar-refractivity contribution in [2.45, 2.75) is 39.3 Å². The highest BCUT2D eigenvalue weighted by Gasteiger charge is 2.19. The van der Waals surface area contributed by atoms with Crippen LogP contribution in [0, 0.1) is 0 Å². The van der Waals surface area contributed by atoms with E-state index in [-0.39, 0.29) is 6.04 Å². The highest BCUT2D eigenvalue weighted by Crippen LogP contribution is 2.17. The van der Waals surface area contributed by atoms with Gasteiger partial charge >= 0.3 is 6.09 Å². The Morgan fingerprint density at radius 3 is 2.50 bits per heavy atom. The molecule has 110 valence electrons. The molecule has 6 heteroatoms. The predicted octanol–water partition coefficient (Wildman–Crippen LogP) is 2.92. The molecule has 5 nitrogen and oxygen atoms in total. The summed E-state index contributed by atoms with van der Waals surface area (Å²) in [6, 6.07) is 6.93. The largest absolute Gasteiger partial charge is 0.444 e. The minimum Gasteiger partial charge on any atom is -0.444 e. The van der Waals surface area contributed by atoms with Crippen molar-refractivity contribution in [3.8, 4) is 0 Å². The van der Waals surface area contributed by atoms with Gasteiger partial charge in [-0.05, 0) is 39.8 Å². The zero-order valence-electron chi connectivity index (χ0n) is 12.2. The summed E-state index contributed by atoms with van der Waals surface area (Å²) in [5.74, 6) is 0. The molecule has 0 aliphatic rings. The summed E-state index contributed by atoms with van der Waals surface area (Å²) in [5.41, 5.74) is 6.59. The van der Waals surface area contributed by atoms with Gasteiger partial charge in [0.25, 0.3) is 0 Å². The third-order valence-corrected chi connectivity index (χ3v) is 2.80. The number of rotatable bonds is 3. The summed E-state index contributed by atoms with van der Waals surface area (Å²) in [4.78, 5) is 12.1. The lowest BCUT2D eigenvalue weighted by atomic mass is 10.2. The van der Waals surface area contributed by atoms with Crippen LogP contribution in [-0.2, 0) is 4.74 Å². The van der Waals surface area contributed by atoms with E-state index in [9.17, 15) is 4.79 Å². The van der Waals surface area contributed by atoms with E-state index >= 15 is 0 Å². The number of hydrogen-bond acceptors (Lipinski definition) is 4. The molecule has 0 heterocycles. The fraction of sp³-hybridized carbons (Fsp3) is 0.429. The van der Waals surface area contributed by atoms with Crippen molar-refractivity contribution < 1.29 is 9.53 Å². The molecule has 0 aliphatic carbocycles. The van der Waals surface area contributed by atoms with Gasteiger partial charge in [-0.15, -0.1) is 0 Å². The fourth-order valence-corrected chi connectivity index (χ4v) is 1.57. The van der Waals surface area contributed by atoms with Crippen molar-refractivity contribution in [1.29, 1.82) is 0 Å². The number of nitrogens with two attached hydrogens (primary N) is 1. The number of para-hydroxylation sites is 2. The quantitative estimate of drug-likeness (QED) is 0.590. The van der Waals surface area contributed by atoms with E-state index in [1.54, 1.807) is 33.8 Å². The molecule has 4 N–H and O–H groups in total. The van der Waals surface area contributed by atoms with E-state index in [4.69, 9.17) is 22.7 Å². The van der Waals surface area contributed by atoms with Gasteiger partial charge in [0.05, 0.1) is 17.4 Å². The maximum absolute atomic E-state index is 11.6. The van der Waals surface area contributed by atoms with Crippen molar-refractivity contribution >= 4 is 34.7 Å². The Morgan fingerprint density at radius 1 is 1.35 bits per heavy atom. The molecular weight excluding hydrogens is 274 g/mol. The van der Waals surface area contributed by atoms with Crippen LogP contribution in [0.25, 0.3) is 0 Å². The Labute approximate surface area is 124 Å². The van der Waals surface area contributed by atoms with Crippen LogP contribution in [0.5, 0.6) is 0 Å². The first-order valence-electron chi connectivity index (χ1n) is 6.34. The zero-order valence-corrected chi connectivity index (χ0v) is 13.0. The second-order valence-corrected chi connectivity index (χ2v) is 5.88. The van der Waals surface area contributed by atoms with Crippen molar-refractivity contribution in [2.24, 2.45) is 0 Å². The van der Waals surface area contributed by atoms with Crippen molar-refractivity contribution in [3.63, 3.8) is 0 Å². The van der Waals surface area contributed by atoms with Gasteiger partial charge in [-0.2, -0.15) is 0 Å². The molecule has 1 amide bonds. The fourth-order valence-electron chi connectivity index (χ4n) is 1.40. The third-order valence-electron chi connectivity index (χ3n) is 2.35. The average molecular weight is 295 g/mol. The van der Waals surface area contributed by atoms with Crippen LogP contribution in [0.15, 0.2) is 24.3 Å². The maximum Gasteiger partial charge on any atom is 0.408 e. The smallest absolute Gasteiger partial charge is 0.408 e. The van der Waals surface area contributed by atoms with Crippen LogP contribution in [0.3, 0.4) is 0 Å². The van der Waals surface area contributed by atoms with Crippen LogP contribution in [0.1, 0.15) is 27.7 Å². The Hall–Kier alpha value is -1.82. The van der Waals surface area contributed by atoms with Gasteiger partial charge in [0.1, 0.15) is 10.6 Å². The summed E-state index contributed by atoms with van der Waals surface area (Å²) in [5, 5.41) is 5.68. The molecule has 0 saturated heterocycles. The molecule has 1 aromatic carbocycles. The topological polar surface area (TPSA) is 76.4 Å². The van der Waals surface area contributed by atoms with Crippen LogP contribution in [0.4, 0.5) is 16.2 Å². The van der Waals surface area contributed by atoms with E-state index in [0.717, 1.165) is 5.69 Å². The summed E-state index contributed by atoms with van der Waals surface area (Å²) < 4.78 is 5.17. The van der Waals surface area contributed by atoms with Crippen LogP contribution in [0.2, 0.25) is 0 Å². The first-order valence-corrected chi connectivity index (χ1v) is 6.75. The first kappa shape index (κ1) is 16.2. The molecule has 0 unspecified atom stereocenters. The van der Waals surface area contributed by atoms with Gasteiger partial charge in [0.2, 0.25) is 0 Å². The highest BCUT2D eigenvalue weighted by molar-refractivity contribution is 7.80. The Kier molecular flexibility index (Phi) is 5.33. The molecule has 0 fully saturated rings. The molecule has 0 saturated carbocycles. The molecule has 0 spiro atoms. The third kappa shape index (κ3) is 5.44. The van der Waals surface area contributed by atoms with E-state index in [1.807, 2.05) is 18.2 Å². The highest BCUT2D eigenvalue weighted by atomic mass is 32.1. The lowest BCUT2D eigenvalue weighted by Gasteiger charge is -2.22. The number of amides is 1. The summed E-state index contributed by atoms with van der Waals surface area (Å²) in [6.45, 7) is 7.19. The minimum atomic E-state index is -0.539. The van der Waals surface area contributed by atoms with E-state index in [2.05, 4.69) is 10.6 Å². The number of benzene rings is 1. The monoisotopic (exact) mass is 295 g/mol. The minimum absolute atomic E-state index is 0.362. The van der Waals surface area contributed by atoms with Gasteiger partial charge in [-0.1, -0.05) is 24.4 Å². The van der Waals surface area contributed by atoms with Crippen LogP contribution in [-0.4, -0.2) is 22.7 Å². The normalized spacial score (nSPS) is 12.4. The Morgan fingerprint density at radius 2 is 1.95 bits per heavy atom. The number of carbonyl (C=O) groups is 1. The molecule has 1 rings (SSSR count). The molecule has 0 bridgehead atoms. The number of ether oxygens (including phenoxy) is 1. The summed E-state index contributed by atoms with van der Waals surface area (Å²) in [6.07, 6.45) is -0.504. The van der Waals surface area contributed by atoms with Gasteiger partial charge < -0.3 is 21.1 Å². The van der Waals surface area contributed by atoms with Crippen molar-refractivity contribution in [3.05, 3.63) is 24.3 Å². The van der Waals surface area contributed by atoms with E-state index in [0.29, 0.717) is 10.7 Å². The number of alkyl carbamates (subject to hydrolysis) is 1. The second-order valence-electron chi connectivity index (χ2n) is 5.44. The van der Waals surface area contributed by atoms with Crippen LogP contribution < -0.4 is 16.4 Å². The van der Waals surface area contributed by atoms with Gasteiger partial charge in [-0.25, -0.2) is 4.79 Å². The average Bonchev–Trinajstić information content (AvgIpc) is 2.29. The number of nitrogens with one attached hydrogen (secondary N) is 2. The molecule has 1 aromatic rings. The molecule has 0 radical (unpaired) electrons. The van der Waals surface area contributed by atoms with Gasteiger partial charge in [0, 0.05) is 0 Å². The number of thiocarbonyl (C=S) groups is 1. The molecule has 20 heavy (non-hydrogen) atoms. The molecule has 1 atom stereocenters. The lowest BCUT2D eigenvalue weighted by molar-refractivity contribution is 0.0521.